The average molecular weight is 497 g/mol. The summed E-state index contributed by atoms with van der Waals surface area (Å²) in [6.45, 7) is 1.08. The Morgan fingerprint density at radius 2 is 1.09 bits per heavy atom. The molecule has 1 atom stereocenters. The highest BCUT2D eigenvalue weighted by Crippen LogP contribution is 2.31. The van der Waals surface area contributed by atoms with Gasteiger partial charge in [-0.25, -0.2) is 0 Å². The zero-order chi connectivity index (χ0) is 26.7. The van der Waals surface area contributed by atoms with E-state index in [0.717, 1.165) is 13.1 Å². The van der Waals surface area contributed by atoms with Crippen LogP contribution in [0.15, 0.2) is 0 Å². The van der Waals surface area contributed by atoms with E-state index in [4.69, 9.17) is 32.5 Å². The second-order valence-corrected chi connectivity index (χ2v) is 7.11. The SMILES string of the molecule is NCCNC(CC(=O)O)C(CC(=O)O)(CC(=O)O)N(CC(=O)O)CC(=O)O.NCCNCCN. The molecular weight excluding hydrogens is 460 g/mol. The molecule has 198 valence electrons. The summed E-state index contributed by atoms with van der Waals surface area (Å²) in [4.78, 5) is 57.1. The standard InChI is InChI=1S/C14H23N3O10.C4H13N3/c15-1-2-16-8(3-9(18)19)14(4-10(20)21,5-11(22)23)17(6-12(24)25)7-13(26)27;5-1-3-7-4-2-6/h8,16H,1-7,15H2,(H,18,19)(H,20,21)(H,22,23)(H,24,25)(H,26,27);7H,1-6H2. The minimum absolute atomic E-state index is 0.00972. The molecule has 0 aromatic heterocycles. The van der Waals surface area contributed by atoms with Crippen molar-refractivity contribution in [3.63, 3.8) is 0 Å². The van der Waals surface area contributed by atoms with E-state index < -0.39 is 73.8 Å². The van der Waals surface area contributed by atoms with Crippen LogP contribution in [-0.4, -0.2) is 124 Å². The smallest absolute Gasteiger partial charge is 0.317 e. The van der Waals surface area contributed by atoms with Gasteiger partial charge in [0.25, 0.3) is 0 Å². The largest absolute Gasteiger partial charge is 0.481 e. The van der Waals surface area contributed by atoms with Crippen molar-refractivity contribution in [3.8, 4) is 0 Å². The molecular formula is C18H36N6O10. The highest BCUT2D eigenvalue weighted by Gasteiger charge is 2.49. The first kappa shape index (κ1) is 33.3. The fraction of sp³-hybridized carbons (Fsp3) is 0.722. The van der Waals surface area contributed by atoms with Gasteiger partial charge in [0.05, 0.1) is 37.9 Å². The maximum atomic E-state index is 11.4. The maximum absolute atomic E-state index is 11.4. The van der Waals surface area contributed by atoms with Gasteiger partial charge in [-0.3, -0.25) is 28.9 Å². The van der Waals surface area contributed by atoms with Crippen molar-refractivity contribution in [2.75, 3.05) is 52.4 Å². The molecule has 0 amide bonds. The van der Waals surface area contributed by atoms with Gasteiger partial charge in [0.2, 0.25) is 0 Å². The predicted molar refractivity (Wildman–Crippen MR) is 118 cm³/mol. The Morgan fingerprint density at radius 1 is 0.676 bits per heavy atom. The van der Waals surface area contributed by atoms with E-state index in [9.17, 15) is 34.2 Å². The highest BCUT2D eigenvalue weighted by molar-refractivity contribution is 5.77. The fourth-order valence-electron chi connectivity index (χ4n) is 3.19. The Morgan fingerprint density at radius 3 is 1.38 bits per heavy atom. The van der Waals surface area contributed by atoms with Crippen LogP contribution in [0.2, 0.25) is 0 Å². The zero-order valence-corrected chi connectivity index (χ0v) is 18.8. The van der Waals surface area contributed by atoms with Crippen molar-refractivity contribution in [2.24, 2.45) is 17.2 Å². The van der Waals surface area contributed by atoms with Gasteiger partial charge in [-0.2, -0.15) is 0 Å². The normalized spacial score (nSPS) is 11.9. The molecule has 0 saturated carbocycles. The lowest BCUT2D eigenvalue weighted by Crippen LogP contribution is -2.65. The lowest BCUT2D eigenvalue weighted by Gasteiger charge is -2.46. The topological polar surface area (TPSA) is 292 Å². The monoisotopic (exact) mass is 496 g/mol. The number of nitrogens with one attached hydrogen (secondary N) is 2. The van der Waals surface area contributed by atoms with E-state index >= 15 is 0 Å². The number of carboxylic acid groups (broad SMARTS) is 5. The molecule has 0 fully saturated rings. The number of rotatable bonds is 19. The number of carboxylic acids is 5. The number of carbonyl (C=O) groups is 5. The van der Waals surface area contributed by atoms with Crippen LogP contribution in [0.25, 0.3) is 0 Å². The summed E-state index contributed by atoms with van der Waals surface area (Å²) < 4.78 is 0. The Hall–Kier alpha value is -2.89. The first-order valence-corrected chi connectivity index (χ1v) is 10.2. The third kappa shape index (κ3) is 15.0. The van der Waals surface area contributed by atoms with Crippen LogP contribution in [0.4, 0.5) is 0 Å². The average Bonchev–Trinajstić information content (AvgIpc) is 2.69. The van der Waals surface area contributed by atoms with Gasteiger partial charge in [0, 0.05) is 45.3 Å². The molecule has 13 N–H and O–H groups in total. The Kier molecular flexibility index (Phi) is 18.1. The van der Waals surface area contributed by atoms with Gasteiger partial charge in [0.1, 0.15) is 0 Å². The Bertz CT molecular complexity index is 627. The number of nitrogens with two attached hydrogens (primary N) is 3. The third-order valence-corrected chi connectivity index (χ3v) is 4.40. The Balaban J connectivity index is 0. The zero-order valence-electron chi connectivity index (χ0n) is 18.8. The summed E-state index contributed by atoms with van der Waals surface area (Å²) in [6.07, 6.45) is -2.79. The minimum Gasteiger partial charge on any atom is -0.481 e. The third-order valence-electron chi connectivity index (χ3n) is 4.40. The number of aliphatic carboxylic acids is 5. The molecule has 0 aliphatic rings. The van der Waals surface area contributed by atoms with Crippen molar-refractivity contribution in [2.45, 2.75) is 30.8 Å². The van der Waals surface area contributed by atoms with E-state index in [2.05, 4.69) is 10.6 Å². The van der Waals surface area contributed by atoms with Crippen molar-refractivity contribution in [3.05, 3.63) is 0 Å². The molecule has 0 aliphatic heterocycles. The van der Waals surface area contributed by atoms with E-state index in [-0.39, 0.29) is 13.1 Å². The van der Waals surface area contributed by atoms with Crippen LogP contribution in [0.1, 0.15) is 19.3 Å². The van der Waals surface area contributed by atoms with Crippen LogP contribution < -0.4 is 27.8 Å². The molecule has 0 heterocycles. The molecule has 0 radical (unpaired) electrons. The fourth-order valence-corrected chi connectivity index (χ4v) is 3.19. The molecule has 0 bridgehead atoms. The second kappa shape index (κ2) is 18.5. The summed E-state index contributed by atoms with van der Waals surface area (Å²) >= 11 is 0. The van der Waals surface area contributed by atoms with Crippen LogP contribution in [0.3, 0.4) is 0 Å². The van der Waals surface area contributed by atoms with Crippen molar-refractivity contribution in [1.82, 2.24) is 15.5 Å². The van der Waals surface area contributed by atoms with E-state index in [1.165, 1.54) is 0 Å². The molecule has 1 unspecified atom stereocenters. The molecule has 34 heavy (non-hydrogen) atoms. The summed E-state index contributed by atoms with van der Waals surface area (Å²) in [5.74, 6) is -7.60. The van der Waals surface area contributed by atoms with Crippen molar-refractivity contribution >= 4 is 29.8 Å². The minimum atomic E-state index is -2.15. The molecule has 0 rings (SSSR count). The van der Waals surface area contributed by atoms with Gasteiger partial charge >= 0.3 is 29.8 Å². The lowest BCUT2D eigenvalue weighted by atomic mass is 9.79. The lowest BCUT2D eigenvalue weighted by molar-refractivity contribution is -0.157. The van der Waals surface area contributed by atoms with Gasteiger partial charge in [-0.1, -0.05) is 0 Å². The molecule has 0 spiro atoms. The van der Waals surface area contributed by atoms with Crippen molar-refractivity contribution in [1.29, 1.82) is 0 Å². The summed E-state index contributed by atoms with van der Waals surface area (Å²) in [7, 11) is 0. The summed E-state index contributed by atoms with van der Waals surface area (Å²) in [6, 6.07) is -1.40. The van der Waals surface area contributed by atoms with Crippen molar-refractivity contribution < 1.29 is 49.5 Å². The number of hydrogen-bond acceptors (Lipinski definition) is 11. The molecule has 0 saturated heterocycles. The summed E-state index contributed by atoms with van der Waals surface area (Å²) in [5.41, 5.74) is 13.5. The van der Waals surface area contributed by atoms with Gasteiger partial charge in [-0.05, 0) is 0 Å². The summed E-state index contributed by atoms with van der Waals surface area (Å²) in [5, 5.41) is 51.5. The molecule has 0 aliphatic carbocycles. The highest BCUT2D eigenvalue weighted by atomic mass is 16.4. The van der Waals surface area contributed by atoms with Crippen LogP contribution in [0.5, 0.6) is 0 Å². The predicted octanol–water partition coefficient (Wildman–Crippen LogP) is -3.97. The van der Waals surface area contributed by atoms with E-state index in [1.54, 1.807) is 0 Å². The van der Waals surface area contributed by atoms with E-state index in [1.807, 2.05) is 0 Å². The van der Waals surface area contributed by atoms with Gasteiger partial charge < -0.3 is 53.4 Å². The Labute approximate surface area is 196 Å². The van der Waals surface area contributed by atoms with Crippen LogP contribution >= 0.6 is 0 Å². The van der Waals surface area contributed by atoms with Gasteiger partial charge in [0.15, 0.2) is 0 Å². The van der Waals surface area contributed by atoms with E-state index in [0.29, 0.717) is 18.0 Å². The molecule has 16 nitrogen and oxygen atoms in total. The second-order valence-electron chi connectivity index (χ2n) is 7.11. The molecule has 0 aromatic carbocycles. The maximum Gasteiger partial charge on any atom is 0.317 e. The van der Waals surface area contributed by atoms with Gasteiger partial charge in [-0.15, -0.1) is 0 Å². The van der Waals surface area contributed by atoms with Crippen LogP contribution in [-0.2, 0) is 24.0 Å². The first-order valence-electron chi connectivity index (χ1n) is 10.2. The number of nitrogens with zero attached hydrogens (tertiary/aromatic N) is 1. The number of hydrogen-bond donors (Lipinski definition) is 10. The first-order chi connectivity index (χ1) is 15.9. The molecule has 16 heteroatoms. The molecule has 0 aromatic rings. The van der Waals surface area contributed by atoms with Crippen LogP contribution in [0, 0.1) is 0 Å². The quantitative estimate of drug-likeness (QED) is 0.0762.